The van der Waals surface area contributed by atoms with Crippen molar-refractivity contribution in [2.75, 3.05) is 41.0 Å². The standard InChI is InChI=1S/C52H79NO7/c1-6-8-10-12-14-16-18-20-22-24-25-27-28-30-32-34-36-38-40-42-50(54)59-47-48(46-58-45-44-49(52(56)57)53(3,4)5)60-51(55)43-41-39-37-35-33-31-29-26-23-21-19-17-15-13-11-9-7-2/h8-11,14-17,20-23,25,27,29-32,35-38,48-49H,6-7,12-13,18-19,24,26,28,33-34,39-47H2,1-5H3/p+1/b10-8+,11-9+,16-14+,17-15+,22-20+,23-21+,27-25+,31-29+,32-30+,37-35+,38-36+. The molecule has 0 spiro atoms. The van der Waals surface area contributed by atoms with Crippen LogP contribution in [0.15, 0.2) is 134 Å². The lowest BCUT2D eigenvalue weighted by atomic mass is 10.1. The zero-order valence-electron chi connectivity index (χ0n) is 37.8. The molecule has 0 rings (SSSR count). The second-order valence-electron chi connectivity index (χ2n) is 15.2. The number of aliphatic carboxylic acids is 1. The average molecular weight is 831 g/mol. The van der Waals surface area contributed by atoms with Crippen LogP contribution in [0.25, 0.3) is 0 Å². The zero-order valence-corrected chi connectivity index (χ0v) is 37.8. The van der Waals surface area contributed by atoms with Gasteiger partial charge in [0.05, 0.1) is 34.4 Å². The van der Waals surface area contributed by atoms with Crippen molar-refractivity contribution in [3.05, 3.63) is 134 Å². The Morgan fingerprint density at radius 1 is 0.500 bits per heavy atom. The summed E-state index contributed by atoms with van der Waals surface area (Å²) in [4.78, 5) is 37.0. The van der Waals surface area contributed by atoms with Crippen molar-refractivity contribution < 1.29 is 38.2 Å². The first kappa shape index (κ1) is 55.5. The molecular formula is C52H80NO7+. The molecule has 0 amide bonds. The van der Waals surface area contributed by atoms with Crippen LogP contribution >= 0.6 is 0 Å². The third-order valence-corrected chi connectivity index (χ3v) is 8.81. The highest BCUT2D eigenvalue weighted by Gasteiger charge is 2.31. The van der Waals surface area contributed by atoms with E-state index in [9.17, 15) is 19.5 Å². The highest BCUT2D eigenvalue weighted by molar-refractivity contribution is 5.72. The number of esters is 2. The molecular weight excluding hydrogens is 751 g/mol. The van der Waals surface area contributed by atoms with Crippen LogP contribution in [0.3, 0.4) is 0 Å². The summed E-state index contributed by atoms with van der Waals surface area (Å²) in [6, 6.07) is -0.645. The van der Waals surface area contributed by atoms with Gasteiger partial charge in [-0.25, -0.2) is 4.79 Å². The van der Waals surface area contributed by atoms with E-state index in [2.05, 4.69) is 135 Å². The molecule has 8 nitrogen and oxygen atoms in total. The first-order valence-corrected chi connectivity index (χ1v) is 22.2. The summed E-state index contributed by atoms with van der Waals surface area (Å²) in [6.45, 7) is 4.33. The highest BCUT2D eigenvalue weighted by atomic mass is 16.6. The number of carbonyl (C=O) groups excluding carboxylic acids is 2. The normalized spacial score (nSPS) is 14.2. The summed E-state index contributed by atoms with van der Waals surface area (Å²) in [6.07, 6.45) is 59.5. The number of carboxylic acids is 1. The van der Waals surface area contributed by atoms with Gasteiger partial charge in [0, 0.05) is 19.3 Å². The van der Waals surface area contributed by atoms with Gasteiger partial charge in [-0.15, -0.1) is 0 Å². The van der Waals surface area contributed by atoms with Crippen molar-refractivity contribution in [2.45, 2.75) is 135 Å². The predicted molar refractivity (Wildman–Crippen MR) is 251 cm³/mol. The molecule has 0 bridgehead atoms. The number of allylic oxidation sites excluding steroid dienone is 22. The van der Waals surface area contributed by atoms with E-state index in [0.717, 1.165) is 77.0 Å². The van der Waals surface area contributed by atoms with E-state index in [1.807, 2.05) is 33.3 Å². The Hall–Kier alpha value is -4.53. The van der Waals surface area contributed by atoms with Crippen LogP contribution in [0.5, 0.6) is 0 Å². The summed E-state index contributed by atoms with van der Waals surface area (Å²) < 4.78 is 17.1. The molecule has 0 saturated heterocycles. The highest BCUT2D eigenvalue weighted by Crippen LogP contribution is 2.10. The largest absolute Gasteiger partial charge is 0.477 e. The maximum absolute atomic E-state index is 12.7. The third kappa shape index (κ3) is 39.0. The first-order chi connectivity index (χ1) is 29.1. The number of unbranched alkanes of at least 4 members (excludes halogenated alkanes) is 1. The molecule has 0 aliphatic heterocycles. The number of nitrogens with zero attached hydrogens (tertiary/aromatic N) is 1. The van der Waals surface area contributed by atoms with Crippen molar-refractivity contribution in [1.82, 2.24) is 0 Å². The summed E-state index contributed by atoms with van der Waals surface area (Å²) in [5.74, 6) is -1.67. The van der Waals surface area contributed by atoms with Gasteiger partial charge in [-0.3, -0.25) is 9.59 Å². The number of likely N-dealkylation sites (N-methyl/N-ethyl adjacent to an activating group) is 1. The van der Waals surface area contributed by atoms with Gasteiger partial charge in [-0.2, -0.15) is 0 Å². The Balaban J connectivity index is 4.59. The van der Waals surface area contributed by atoms with E-state index in [0.29, 0.717) is 19.3 Å². The van der Waals surface area contributed by atoms with Gasteiger partial charge in [0.25, 0.3) is 0 Å². The van der Waals surface area contributed by atoms with Crippen LogP contribution < -0.4 is 0 Å². The van der Waals surface area contributed by atoms with E-state index in [1.54, 1.807) is 0 Å². The summed E-state index contributed by atoms with van der Waals surface area (Å²) in [7, 11) is 5.47. The van der Waals surface area contributed by atoms with E-state index in [-0.39, 0.29) is 49.1 Å². The number of rotatable bonds is 37. The molecule has 1 N–H and O–H groups in total. The van der Waals surface area contributed by atoms with Gasteiger partial charge in [0.1, 0.15) is 6.61 Å². The summed E-state index contributed by atoms with van der Waals surface area (Å²) in [5, 5.41) is 9.62. The van der Waals surface area contributed by atoms with Crippen LogP contribution in [0.2, 0.25) is 0 Å². The van der Waals surface area contributed by atoms with Gasteiger partial charge in [0.2, 0.25) is 0 Å². The van der Waals surface area contributed by atoms with E-state index in [1.165, 1.54) is 0 Å². The van der Waals surface area contributed by atoms with Crippen LogP contribution in [-0.2, 0) is 28.6 Å². The second kappa shape index (κ2) is 41.2. The number of carbonyl (C=O) groups is 3. The fourth-order valence-corrected chi connectivity index (χ4v) is 5.44. The first-order valence-electron chi connectivity index (χ1n) is 22.2. The Labute approximate surface area is 364 Å². The van der Waals surface area contributed by atoms with Crippen molar-refractivity contribution in [1.29, 1.82) is 0 Å². The lowest BCUT2D eigenvalue weighted by molar-refractivity contribution is -0.887. The average Bonchev–Trinajstić information content (AvgIpc) is 3.21. The van der Waals surface area contributed by atoms with Crippen molar-refractivity contribution in [3.63, 3.8) is 0 Å². The minimum absolute atomic E-state index is 0.00439. The molecule has 8 heteroatoms. The quantitative estimate of drug-likeness (QED) is 0.0288. The van der Waals surface area contributed by atoms with Gasteiger partial charge in [-0.05, 0) is 89.9 Å². The monoisotopic (exact) mass is 831 g/mol. The van der Waals surface area contributed by atoms with Crippen LogP contribution in [0.1, 0.15) is 123 Å². The summed E-state index contributed by atoms with van der Waals surface area (Å²) >= 11 is 0. The molecule has 2 atom stereocenters. The zero-order chi connectivity index (χ0) is 44.2. The number of hydrogen-bond acceptors (Lipinski definition) is 6. The molecule has 0 aliphatic rings. The lowest BCUT2D eigenvalue weighted by Crippen LogP contribution is -2.50. The maximum Gasteiger partial charge on any atom is 0.362 e. The Bertz CT molecular complexity index is 1430. The Morgan fingerprint density at radius 2 is 0.883 bits per heavy atom. The van der Waals surface area contributed by atoms with Crippen molar-refractivity contribution >= 4 is 17.9 Å². The molecule has 0 aromatic heterocycles. The van der Waals surface area contributed by atoms with Gasteiger partial charge in [-0.1, -0.05) is 148 Å². The minimum Gasteiger partial charge on any atom is -0.477 e. The minimum atomic E-state index is -0.901. The van der Waals surface area contributed by atoms with Crippen LogP contribution in [0.4, 0.5) is 0 Å². The van der Waals surface area contributed by atoms with E-state index < -0.39 is 18.1 Å². The van der Waals surface area contributed by atoms with Gasteiger partial charge in [0.15, 0.2) is 12.1 Å². The molecule has 0 radical (unpaired) electrons. The predicted octanol–water partition coefficient (Wildman–Crippen LogP) is 12.4. The van der Waals surface area contributed by atoms with Crippen molar-refractivity contribution in [3.8, 4) is 0 Å². The fraction of sp³-hybridized carbons (Fsp3) is 0.519. The molecule has 0 fully saturated rings. The van der Waals surface area contributed by atoms with E-state index in [4.69, 9.17) is 14.2 Å². The lowest BCUT2D eigenvalue weighted by Gasteiger charge is -2.31. The van der Waals surface area contributed by atoms with Crippen LogP contribution in [0, 0.1) is 0 Å². The molecule has 0 aromatic rings. The van der Waals surface area contributed by atoms with E-state index >= 15 is 0 Å². The topological polar surface area (TPSA) is 99.1 Å². The molecule has 0 saturated carbocycles. The van der Waals surface area contributed by atoms with Crippen molar-refractivity contribution in [2.24, 2.45) is 0 Å². The van der Waals surface area contributed by atoms with Crippen LogP contribution in [-0.4, -0.2) is 80.6 Å². The second-order valence-corrected chi connectivity index (χ2v) is 15.2. The van der Waals surface area contributed by atoms with Gasteiger partial charge < -0.3 is 23.8 Å². The number of ether oxygens (including phenoxy) is 3. The number of carboxylic acid groups (broad SMARTS) is 1. The Kier molecular flexibility index (Phi) is 38.1. The van der Waals surface area contributed by atoms with Gasteiger partial charge >= 0.3 is 17.9 Å². The number of hydrogen-bond donors (Lipinski definition) is 1. The smallest absolute Gasteiger partial charge is 0.362 e. The SMILES string of the molecule is CC/C=C/C/C=C/C/C=C/C/C=C/C/C=C/C/C=C/CCC(=O)OCC(COCCC(C(=O)O)[N+](C)(C)C)OC(=O)CCC/C=C/C/C=C/C/C=C/C/C=C/C/C=C/CC. The molecule has 334 valence electrons. The maximum atomic E-state index is 12.7. The third-order valence-electron chi connectivity index (χ3n) is 8.81. The molecule has 60 heavy (non-hydrogen) atoms. The summed E-state index contributed by atoms with van der Waals surface area (Å²) in [5.41, 5.74) is 0. The number of quaternary nitrogens is 1. The molecule has 0 aliphatic carbocycles. The molecule has 2 unspecified atom stereocenters. The molecule has 0 heterocycles. The fourth-order valence-electron chi connectivity index (χ4n) is 5.44. The Morgan fingerprint density at radius 3 is 1.27 bits per heavy atom. The molecule has 0 aromatic carbocycles.